The van der Waals surface area contributed by atoms with Crippen LogP contribution in [0.4, 0.5) is 0 Å². The molecule has 0 radical (unpaired) electrons. The fourth-order valence-corrected chi connectivity index (χ4v) is 13.1. The Morgan fingerprint density at radius 3 is 2.14 bits per heavy atom. The zero-order valence-electron chi connectivity index (χ0n) is 40.4. The van der Waals surface area contributed by atoms with Gasteiger partial charge in [0.15, 0.2) is 18.7 Å². The van der Waals surface area contributed by atoms with Gasteiger partial charge in [-0.25, -0.2) is 0 Å². The Morgan fingerprint density at radius 2 is 1.56 bits per heavy atom. The summed E-state index contributed by atoms with van der Waals surface area (Å²) in [7, 11) is 10.7. The molecule has 15 nitrogen and oxygen atoms in total. The highest BCUT2D eigenvalue weighted by atomic mass is 33.1. The lowest BCUT2D eigenvalue weighted by molar-refractivity contribution is -0.320. The van der Waals surface area contributed by atoms with E-state index in [0.29, 0.717) is 18.1 Å². The number of carbonyl (C=O) groups is 3. The number of aliphatic hydroxyl groups is 3. The number of ether oxygens (including phenoxy) is 8. The number of rotatable bonds is 14. The smallest absolute Gasteiger partial charge is 0.311 e. The van der Waals surface area contributed by atoms with Crippen LogP contribution in [0, 0.1) is 23.7 Å². The van der Waals surface area contributed by atoms with E-state index in [4.69, 9.17) is 37.9 Å². The van der Waals surface area contributed by atoms with Crippen LogP contribution in [0.1, 0.15) is 127 Å². The van der Waals surface area contributed by atoms with E-state index in [2.05, 4.69) is 0 Å². The molecule has 4 rings (SSSR count). The number of esters is 2. The van der Waals surface area contributed by atoms with Crippen molar-refractivity contribution in [1.82, 2.24) is 4.90 Å². The van der Waals surface area contributed by atoms with E-state index in [-0.39, 0.29) is 49.6 Å². The molecule has 4 aliphatic rings. The number of likely N-dealkylation sites (N-methyl/N-ethyl adjacent to an activating group) is 1. The van der Waals surface area contributed by atoms with Crippen LogP contribution in [0.25, 0.3) is 0 Å². The number of cyclic esters (lactones) is 1. The van der Waals surface area contributed by atoms with Crippen LogP contribution in [0.15, 0.2) is 0 Å². The van der Waals surface area contributed by atoms with Crippen molar-refractivity contribution in [3.63, 3.8) is 0 Å². The fourth-order valence-electron chi connectivity index (χ4n) is 10.1. The molecule has 0 spiro atoms. The first-order valence-electron chi connectivity index (χ1n) is 23.1. The number of ketones is 1. The van der Waals surface area contributed by atoms with Gasteiger partial charge in [0, 0.05) is 55.8 Å². The summed E-state index contributed by atoms with van der Waals surface area (Å²) >= 11 is 0. The molecular weight excluding hydrogens is 855 g/mol. The maximum atomic E-state index is 14.5. The number of methoxy groups -OCH3 is 2. The number of nitrogens with zero attached hydrogens (tertiary/aromatic N) is 1. The molecule has 19 atom stereocenters. The van der Waals surface area contributed by atoms with Gasteiger partial charge in [0.1, 0.15) is 23.6 Å². The quantitative estimate of drug-likeness (QED) is 0.109. The van der Waals surface area contributed by atoms with Gasteiger partial charge in [0.05, 0.1) is 53.7 Å². The van der Waals surface area contributed by atoms with Gasteiger partial charge in [0.2, 0.25) is 0 Å². The highest BCUT2D eigenvalue weighted by Crippen LogP contribution is 2.43. The lowest BCUT2D eigenvalue weighted by Crippen LogP contribution is -2.62. The van der Waals surface area contributed by atoms with Gasteiger partial charge in [0.25, 0.3) is 0 Å². The summed E-state index contributed by atoms with van der Waals surface area (Å²) < 4.78 is 51.5. The molecule has 63 heavy (non-hydrogen) atoms. The van der Waals surface area contributed by atoms with Gasteiger partial charge < -0.3 is 58.1 Å². The van der Waals surface area contributed by atoms with Crippen molar-refractivity contribution in [2.75, 3.05) is 34.1 Å². The van der Waals surface area contributed by atoms with Crippen molar-refractivity contribution in [3.8, 4) is 0 Å². The highest BCUT2D eigenvalue weighted by Gasteiger charge is 2.54. The molecule has 0 bridgehead atoms. The second kappa shape index (κ2) is 23.3. The Morgan fingerprint density at radius 1 is 0.889 bits per heavy atom. The third kappa shape index (κ3) is 13.1. The predicted octanol–water partition coefficient (Wildman–Crippen LogP) is 5.70. The van der Waals surface area contributed by atoms with Gasteiger partial charge in [-0.1, -0.05) is 55.7 Å². The van der Waals surface area contributed by atoms with Crippen molar-refractivity contribution in [1.29, 1.82) is 0 Å². The number of Topliss-reactive ketones (excluding diaryl/α,β-unsaturated/α-hetero) is 1. The second-order valence-electron chi connectivity index (χ2n) is 19.7. The Bertz CT molecular complexity index is 1490. The molecule has 0 amide bonds. The highest BCUT2D eigenvalue weighted by molar-refractivity contribution is 8.77. The van der Waals surface area contributed by atoms with Crippen LogP contribution in [-0.4, -0.2) is 162 Å². The van der Waals surface area contributed by atoms with E-state index in [0.717, 1.165) is 18.6 Å². The lowest BCUT2D eigenvalue weighted by Gasteiger charge is -2.50. The molecule has 366 valence electrons. The van der Waals surface area contributed by atoms with Crippen LogP contribution >= 0.6 is 21.6 Å². The summed E-state index contributed by atoms with van der Waals surface area (Å²) in [4.78, 5) is 44.4. The Hall–Kier alpha value is -1.09. The number of aliphatic hydroxyl groups excluding tert-OH is 2. The predicted molar refractivity (Wildman–Crippen MR) is 242 cm³/mol. The molecule has 0 unspecified atom stereocenters. The van der Waals surface area contributed by atoms with E-state index in [1.807, 2.05) is 61.4 Å². The molecule has 3 N–H and O–H groups in total. The van der Waals surface area contributed by atoms with E-state index < -0.39 is 102 Å². The van der Waals surface area contributed by atoms with Crippen LogP contribution in [0.5, 0.6) is 0 Å². The minimum Gasteiger partial charge on any atom is -0.459 e. The number of hydrogen-bond acceptors (Lipinski definition) is 17. The molecule has 0 aromatic heterocycles. The van der Waals surface area contributed by atoms with E-state index in [1.165, 1.54) is 27.6 Å². The third-order valence-electron chi connectivity index (χ3n) is 14.4. The minimum absolute atomic E-state index is 0.0891. The molecular formula is C46H81NO14S2. The topological polar surface area (TPSA) is 189 Å². The van der Waals surface area contributed by atoms with Crippen molar-refractivity contribution in [2.24, 2.45) is 23.7 Å². The standard InChI is InChI=1S/C46H81NO14S2/c1-15-33-46(10,53)39(50)27(4)36(49)25(2)23-45(9,55-14)41(28(5)37(29(6)42(52)58-33)60-35-24-44(8,54-13)40(51)30(7)57-35)61-43-38(32(47(11)12)22-26(3)56-43)59-34(48)19-17-16-18-31-20-21-62-63-31/h25-33,35,37-41,43,50-51,53H,15-24H2,1-14H3/t25-,26+,27+,28-,29+,30-,31+,32-,33-,35-,37+,38+,39+,40-,41-,43-,44+,45-,46-/m1/s1. The molecule has 4 heterocycles. The number of hydrogen-bond donors (Lipinski definition) is 3. The van der Waals surface area contributed by atoms with E-state index >= 15 is 0 Å². The normalized spacial score (nSPS) is 44.9. The number of carbonyl (C=O) groups excluding carboxylic acids is 3. The Labute approximate surface area is 384 Å². The molecule has 17 heteroatoms. The average molecular weight is 936 g/mol. The second-order valence-corrected chi connectivity index (χ2v) is 22.5. The summed E-state index contributed by atoms with van der Waals surface area (Å²) in [5, 5.41) is 35.1. The van der Waals surface area contributed by atoms with Crippen LogP contribution < -0.4 is 0 Å². The van der Waals surface area contributed by atoms with E-state index in [9.17, 15) is 29.7 Å². The largest absolute Gasteiger partial charge is 0.459 e. The number of unbranched alkanes of at least 4 members (excludes halogenated alkanes) is 1. The van der Waals surface area contributed by atoms with Gasteiger partial charge in [-0.15, -0.1) is 0 Å². The minimum atomic E-state index is -1.99. The van der Waals surface area contributed by atoms with Crippen molar-refractivity contribution >= 4 is 39.3 Å². The maximum Gasteiger partial charge on any atom is 0.311 e. The zero-order valence-corrected chi connectivity index (χ0v) is 42.0. The van der Waals surface area contributed by atoms with Crippen molar-refractivity contribution in [3.05, 3.63) is 0 Å². The summed E-state index contributed by atoms with van der Waals surface area (Å²) in [5.41, 5.74) is -4.34. The van der Waals surface area contributed by atoms with Crippen LogP contribution in [0.3, 0.4) is 0 Å². The Balaban J connectivity index is 1.81. The summed E-state index contributed by atoms with van der Waals surface area (Å²) in [5.74, 6) is -3.80. The molecule has 4 fully saturated rings. The lowest BCUT2D eigenvalue weighted by atomic mass is 9.74. The van der Waals surface area contributed by atoms with Crippen LogP contribution in [-0.2, 0) is 52.3 Å². The maximum absolute atomic E-state index is 14.5. The Kier molecular flexibility index (Phi) is 20.1. The first-order valence-corrected chi connectivity index (χ1v) is 25.5. The first kappa shape index (κ1) is 54.5. The fraction of sp³-hybridized carbons (Fsp3) is 0.935. The average Bonchev–Trinajstić information content (AvgIpc) is 3.76. The van der Waals surface area contributed by atoms with Gasteiger partial charge >= 0.3 is 11.9 Å². The molecule has 0 aromatic rings. The van der Waals surface area contributed by atoms with Crippen molar-refractivity contribution in [2.45, 2.75) is 217 Å². The summed E-state index contributed by atoms with van der Waals surface area (Å²) in [6, 6.07) is -0.282. The molecule has 0 aliphatic carbocycles. The molecule has 4 aliphatic heterocycles. The third-order valence-corrected chi connectivity index (χ3v) is 17.4. The molecule has 0 saturated carbocycles. The SMILES string of the molecule is CC[C@H]1OC(=O)[C@@H](C)[C@@H](O[C@@H]2C[C@](C)(OC)[C@H](O)[C@@H](C)O2)[C@@H](C)[C@@H](O[C@H]2O[C@@H](C)C[C@@H](N(C)C)[C@@H]2OC(=O)CCCC[C@H]2CCSS2)[C@](C)(OC)C[C@@H](C)C(=O)[C@H](C)[C@H](O)[C@]1(C)O. The zero-order chi connectivity index (χ0) is 47.2. The first-order chi connectivity index (χ1) is 29.4. The monoisotopic (exact) mass is 936 g/mol. The van der Waals surface area contributed by atoms with Gasteiger partial charge in [-0.3, -0.25) is 14.4 Å². The van der Waals surface area contributed by atoms with E-state index in [1.54, 1.807) is 41.5 Å². The van der Waals surface area contributed by atoms with Crippen molar-refractivity contribution < 1.29 is 67.6 Å². The van der Waals surface area contributed by atoms with Gasteiger partial charge in [-0.05, 0) is 94.2 Å². The summed E-state index contributed by atoms with van der Waals surface area (Å²) in [6.07, 6.45) is -4.72. The van der Waals surface area contributed by atoms with Crippen LogP contribution in [0.2, 0.25) is 0 Å². The molecule has 0 aromatic carbocycles. The molecule has 4 saturated heterocycles. The van der Waals surface area contributed by atoms with Gasteiger partial charge in [-0.2, -0.15) is 0 Å². The summed E-state index contributed by atoms with van der Waals surface area (Å²) in [6.45, 7) is 17.2.